The predicted molar refractivity (Wildman–Crippen MR) is 101 cm³/mol. The number of esters is 1. The topological polar surface area (TPSA) is 137 Å². The third kappa shape index (κ3) is 6.03. The van der Waals surface area contributed by atoms with E-state index in [1.54, 1.807) is 12.1 Å². The molecule has 10 heteroatoms. The number of methoxy groups -OCH3 is 1. The maximum Gasteiger partial charge on any atom is 0.342 e. The van der Waals surface area contributed by atoms with Crippen LogP contribution in [-0.4, -0.2) is 36.0 Å². The number of carbonyl (C=O) groups excluding carboxylic acids is 3. The Bertz CT molecular complexity index is 915. The molecule has 0 fully saturated rings. The number of nitrogens with zero attached hydrogens (tertiary/aromatic N) is 1. The number of urea groups is 1. The normalized spacial score (nSPS) is 11.1. The molecule has 10 nitrogen and oxygen atoms in total. The van der Waals surface area contributed by atoms with Crippen LogP contribution in [0.3, 0.4) is 0 Å². The average molecular weight is 401 g/mol. The quantitative estimate of drug-likeness (QED) is 0.412. The van der Waals surface area contributed by atoms with E-state index in [-0.39, 0.29) is 23.5 Å². The van der Waals surface area contributed by atoms with E-state index in [1.165, 1.54) is 26.2 Å². The van der Waals surface area contributed by atoms with Crippen LogP contribution in [0.25, 0.3) is 0 Å². The van der Waals surface area contributed by atoms with Gasteiger partial charge in [-0.3, -0.25) is 20.2 Å². The van der Waals surface area contributed by atoms with Crippen molar-refractivity contribution in [1.82, 2.24) is 10.6 Å². The minimum atomic E-state index is -1.33. The number of benzene rings is 2. The van der Waals surface area contributed by atoms with Crippen LogP contribution in [-0.2, 0) is 16.1 Å². The van der Waals surface area contributed by atoms with Crippen molar-refractivity contribution in [2.75, 3.05) is 7.11 Å². The molecule has 152 valence electrons. The monoisotopic (exact) mass is 401 g/mol. The van der Waals surface area contributed by atoms with Gasteiger partial charge < -0.3 is 14.8 Å². The first-order valence-corrected chi connectivity index (χ1v) is 8.48. The van der Waals surface area contributed by atoms with E-state index in [9.17, 15) is 24.5 Å². The number of amides is 3. The Kier molecular flexibility index (Phi) is 7.24. The van der Waals surface area contributed by atoms with E-state index < -0.39 is 28.9 Å². The maximum atomic E-state index is 12.3. The lowest BCUT2D eigenvalue weighted by molar-refractivity contribution is -0.384. The summed E-state index contributed by atoms with van der Waals surface area (Å²) in [5, 5.41) is 15.5. The Labute approximate surface area is 166 Å². The van der Waals surface area contributed by atoms with Gasteiger partial charge in [0.05, 0.1) is 12.0 Å². The van der Waals surface area contributed by atoms with Gasteiger partial charge in [0.15, 0.2) is 6.10 Å². The third-order valence-electron chi connectivity index (χ3n) is 3.80. The van der Waals surface area contributed by atoms with E-state index in [1.807, 2.05) is 18.2 Å². The van der Waals surface area contributed by atoms with Crippen molar-refractivity contribution < 1.29 is 28.8 Å². The standard InChI is InChI=1S/C19H19N3O7/c1-12(17(23)21-19(25)20-11-13-6-4-3-5-7-13)29-18(24)15-10-14(22(26)27)8-9-16(15)28-2/h3-10,12H,11H2,1-2H3,(H2,20,21,23,25)/t12-/m0/s1. The molecule has 3 amide bonds. The summed E-state index contributed by atoms with van der Waals surface area (Å²) in [4.78, 5) is 46.4. The fourth-order valence-electron chi connectivity index (χ4n) is 2.28. The first kappa shape index (κ1) is 21.4. The van der Waals surface area contributed by atoms with Crippen LogP contribution < -0.4 is 15.4 Å². The summed E-state index contributed by atoms with van der Waals surface area (Å²) in [6, 6.07) is 11.7. The van der Waals surface area contributed by atoms with Crippen molar-refractivity contribution in [3.8, 4) is 5.75 Å². The van der Waals surface area contributed by atoms with Crippen molar-refractivity contribution in [2.24, 2.45) is 0 Å². The number of hydrogen-bond acceptors (Lipinski definition) is 7. The van der Waals surface area contributed by atoms with Crippen LogP contribution in [0.5, 0.6) is 5.75 Å². The summed E-state index contributed by atoms with van der Waals surface area (Å²) >= 11 is 0. The predicted octanol–water partition coefficient (Wildman–Crippen LogP) is 2.17. The van der Waals surface area contributed by atoms with Crippen LogP contribution in [0.4, 0.5) is 10.5 Å². The number of ether oxygens (including phenoxy) is 2. The van der Waals surface area contributed by atoms with Crippen LogP contribution in [0.2, 0.25) is 0 Å². The van der Waals surface area contributed by atoms with Gasteiger partial charge in [0.1, 0.15) is 11.3 Å². The lowest BCUT2D eigenvalue weighted by atomic mass is 10.1. The highest BCUT2D eigenvalue weighted by atomic mass is 16.6. The molecule has 0 saturated carbocycles. The number of rotatable bonds is 7. The Morgan fingerprint density at radius 3 is 2.45 bits per heavy atom. The second-order valence-electron chi connectivity index (χ2n) is 5.85. The molecule has 0 heterocycles. The van der Waals surface area contributed by atoms with E-state index in [0.717, 1.165) is 11.6 Å². The zero-order valence-electron chi connectivity index (χ0n) is 15.7. The molecule has 0 spiro atoms. The van der Waals surface area contributed by atoms with Gasteiger partial charge in [-0.25, -0.2) is 9.59 Å². The fourth-order valence-corrected chi connectivity index (χ4v) is 2.28. The van der Waals surface area contributed by atoms with Crippen molar-refractivity contribution in [2.45, 2.75) is 19.6 Å². The molecular formula is C19H19N3O7. The van der Waals surface area contributed by atoms with Gasteiger partial charge in [0.2, 0.25) is 0 Å². The van der Waals surface area contributed by atoms with E-state index in [0.29, 0.717) is 0 Å². The highest BCUT2D eigenvalue weighted by molar-refractivity contribution is 5.99. The van der Waals surface area contributed by atoms with Crippen LogP contribution in [0, 0.1) is 10.1 Å². The zero-order valence-corrected chi connectivity index (χ0v) is 15.7. The number of hydrogen-bond donors (Lipinski definition) is 2. The number of carbonyl (C=O) groups is 3. The molecule has 2 N–H and O–H groups in total. The van der Waals surface area contributed by atoms with Crippen LogP contribution in [0.15, 0.2) is 48.5 Å². The summed E-state index contributed by atoms with van der Waals surface area (Å²) < 4.78 is 10.00. The lowest BCUT2D eigenvalue weighted by Crippen LogP contribution is -2.44. The Morgan fingerprint density at radius 2 is 1.83 bits per heavy atom. The second kappa shape index (κ2) is 9.83. The van der Waals surface area contributed by atoms with Gasteiger partial charge in [-0.15, -0.1) is 0 Å². The summed E-state index contributed by atoms with van der Waals surface area (Å²) in [7, 11) is 1.28. The number of nitro benzene ring substituents is 1. The van der Waals surface area contributed by atoms with Gasteiger partial charge in [0.25, 0.3) is 11.6 Å². The Balaban J connectivity index is 1.94. The lowest BCUT2D eigenvalue weighted by Gasteiger charge is -2.14. The summed E-state index contributed by atoms with van der Waals surface area (Å²) in [6.07, 6.45) is -1.33. The molecule has 0 bridgehead atoms. The molecule has 0 saturated heterocycles. The first-order chi connectivity index (χ1) is 13.8. The molecule has 0 aromatic heterocycles. The van der Waals surface area contributed by atoms with Gasteiger partial charge in [-0.2, -0.15) is 0 Å². The SMILES string of the molecule is COc1ccc([N+](=O)[O-])cc1C(=O)O[C@@H](C)C(=O)NC(=O)NCc1ccccc1. The van der Waals surface area contributed by atoms with Gasteiger partial charge in [-0.05, 0) is 18.6 Å². The Morgan fingerprint density at radius 1 is 1.14 bits per heavy atom. The minimum Gasteiger partial charge on any atom is -0.496 e. The highest BCUT2D eigenvalue weighted by Gasteiger charge is 2.24. The van der Waals surface area contributed by atoms with Gasteiger partial charge >= 0.3 is 12.0 Å². The molecule has 1 atom stereocenters. The smallest absolute Gasteiger partial charge is 0.342 e. The Hall–Kier alpha value is -3.95. The number of imide groups is 1. The van der Waals surface area contributed by atoms with Crippen LogP contribution in [0.1, 0.15) is 22.8 Å². The van der Waals surface area contributed by atoms with Crippen molar-refractivity contribution in [3.05, 3.63) is 69.8 Å². The molecule has 2 rings (SSSR count). The molecular weight excluding hydrogens is 382 g/mol. The third-order valence-corrected chi connectivity index (χ3v) is 3.80. The fraction of sp³-hybridized carbons (Fsp3) is 0.211. The largest absolute Gasteiger partial charge is 0.496 e. The number of nitro groups is 1. The average Bonchev–Trinajstić information content (AvgIpc) is 2.72. The van der Waals surface area contributed by atoms with Crippen molar-refractivity contribution in [3.63, 3.8) is 0 Å². The number of non-ortho nitro benzene ring substituents is 1. The first-order valence-electron chi connectivity index (χ1n) is 8.48. The molecule has 29 heavy (non-hydrogen) atoms. The molecule has 0 aliphatic rings. The molecule has 2 aromatic rings. The molecule has 0 unspecified atom stereocenters. The van der Waals surface area contributed by atoms with Gasteiger partial charge in [0, 0.05) is 18.7 Å². The summed E-state index contributed by atoms with van der Waals surface area (Å²) in [5.74, 6) is -1.81. The number of nitrogens with one attached hydrogen (secondary N) is 2. The second-order valence-corrected chi connectivity index (χ2v) is 5.85. The van der Waals surface area contributed by atoms with Crippen LogP contribution >= 0.6 is 0 Å². The minimum absolute atomic E-state index is 0.0498. The highest BCUT2D eigenvalue weighted by Crippen LogP contribution is 2.25. The molecule has 0 radical (unpaired) electrons. The van der Waals surface area contributed by atoms with Gasteiger partial charge in [-0.1, -0.05) is 30.3 Å². The zero-order chi connectivity index (χ0) is 21.4. The van der Waals surface area contributed by atoms with E-state index in [2.05, 4.69) is 10.6 Å². The van der Waals surface area contributed by atoms with Crippen molar-refractivity contribution in [1.29, 1.82) is 0 Å². The van der Waals surface area contributed by atoms with E-state index >= 15 is 0 Å². The maximum absolute atomic E-state index is 12.3. The molecule has 0 aliphatic heterocycles. The van der Waals surface area contributed by atoms with Crippen molar-refractivity contribution >= 4 is 23.6 Å². The van der Waals surface area contributed by atoms with E-state index in [4.69, 9.17) is 9.47 Å². The molecule has 2 aromatic carbocycles. The summed E-state index contributed by atoms with van der Waals surface area (Å²) in [5.41, 5.74) is 0.289. The summed E-state index contributed by atoms with van der Waals surface area (Å²) in [6.45, 7) is 1.47. The molecule has 0 aliphatic carbocycles.